The van der Waals surface area contributed by atoms with Crippen LogP contribution in [0.2, 0.25) is 0 Å². The van der Waals surface area contributed by atoms with Gasteiger partial charge in [0.05, 0.1) is 23.4 Å². The normalized spacial score (nSPS) is 12.8. The number of carboxylic acids is 1. The van der Waals surface area contributed by atoms with Crippen LogP contribution in [0.5, 0.6) is 5.75 Å². The Labute approximate surface area is 203 Å². The topological polar surface area (TPSA) is 103 Å². The van der Waals surface area contributed by atoms with Crippen LogP contribution in [-0.4, -0.2) is 64.7 Å². The Hall–Kier alpha value is -3.91. The highest BCUT2D eigenvalue weighted by Gasteiger charge is 2.20. The zero-order valence-corrected chi connectivity index (χ0v) is 20.0. The van der Waals surface area contributed by atoms with Gasteiger partial charge in [0.25, 0.3) is 0 Å². The van der Waals surface area contributed by atoms with Crippen molar-refractivity contribution in [2.45, 2.75) is 19.3 Å². The van der Waals surface area contributed by atoms with Crippen molar-refractivity contribution in [3.63, 3.8) is 0 Å². The van der Waals surface area contributed by atoms with Gasteiger partial charge >= 0.3 is 5.97 Å². The molecule has 1 aliphatic heterocycles. The van der Waals surface area contributed by atoms with Gasteiger partial charge in [-0.1, -0.05) is 6.58 Å². The van der Waals surface area contributed by atoms with Gasteiger partial charge in [-0.05, 0) is 63.7 Å². The van der Waals surface area contributed by atoms with Crippen molar-refractivity contribution in [2.75, 3.05) is 39.1 Å². The highest BCUT2D eigenvalue weighted by molar-refractivity contribution is 6.17. The summed E-state index contributed by atoms with van der Waals surface area (Å²) in [5.74, 6) is -0.616. The number of H-pyrrole nitrogens is 1. The Balaban J connectivity index is 1.57. The predicted octanol–water partition coefficient (Wildman–Crippen LogP) is 4.56. The molecule has 35 heavy (non-hydrogen) atoms. The third-order valence-corrected chi connectivity index (χ3v) is 6.45. The van der Waals surface area contributed by atoms with E-state index in [9.17, 15) is 9.90 Å². The van der Waals surface area contributed by atoms with Crippen LogP contribution in [0.1, 0.15) is 24.0 Å². The minimum absolute atomic E-state index is 0.0223. The summed E-state index contributed by atoms with van der Waals surface area (Å²) in [5.41, 5.74) is 6.26. The van der Waals surface area contributed by atoms with Crippen LogP contribution < -0.4 is 10.1 Å². The number of rotatable bonds is 9. The summed E-state index contributed by atoms with van der Waals surface area (Å²) < 4.78 is 6.03. The molecule has 2 aromatic carbocycles. The van der Waals surface area contributed by atoms with Crippen LogP contribution in [0.25, 0.3) is 38.6 Å². The van der Waals surface area contributed by atoms with Crippen LogP contribution in [0, 0.1) is 0 Å². The minimum atomic E-state index is -1.09. The average Bonchev–Trinajstić information content (AvgIpc) is 3.46. The molecular weight excluding hydrogens is 442 g/mol. The van der Waals surface area contributed by atoms with E-state index in [0.717, 1.165) is 65.6 Å². The first kappa shape index (κ1) is 22.9. The van der Waals surface area contributed by atoms with E-state index >= 15 is 0 Å². The molecular formula is C27H29N5O3. The summed E-state index contributed by atoms with van der Waals surface area (Å²) in [6, 6.07) is 7.92. The van der Waals surface area contributed by atoms with Gasteiger partial charge < -0.3 is 25.0 Å². The van der Waals surface area contributed by atoms with E-state index in [1.807, 2.05) is 20.3 Å². The molecule has 0 spiro atoms. The van der Waals surface area contributed by atoms with Crippen molar-refractivity contribution < 1.29 is 14.6 Å². The number of ether oxygens (including phenoxy) is 1. The van der Waals surface area contributed by atoms with Gasteiger partial charge in [-0.2, -0.15) is 0 Å². The molecule has 0 saturated heterocycles. The number of unbranched alkanes of at least 4 members (excludes halogenated alkanes) is 1. The predicted molar refractivity (Wildman–Crippen MR) is 139 cm³/mol. The van der Waals surface area contributed by atoms with Crippen LogP contribution >= 0.6 is 0 Å². The molecule has 0 atom stereocenters. The van der Waals surface area contributed by atoms with Crippen LogP contribution in [0.4, 0.5) is 5.69 Å². The number of carboxylic acid groups (broad SMARTS) is 1. The Kier molecular flexibility index (Phi) is 6.13. The third-order valence-electron chi connectivity index (χ3n) is 6.45. The number of aromatic nitrogens is 3. The van der Waals surface area contributed by atoms with Gasteiger partial charge in [-0.3, -0.25) is 0 Å². The van der Waals surface area contributed by atoms with E-state index in [1.165, 1.54) is 11.9 Å². The van der Waals surface area contributed by atoms with E-state index < -0.39 is 5.97 Å². The van der Waals surface area contributed by atoms with E-state index in [0.29, 0.717) is 23.4 Å². The molecule has 1 aliphatic rings. The fraction of sp³-hybridized carbons (Fsp3) is 0.296. The van der Waals surface area contributed by atoms with E-state index in [2.05, 4.69) is 43.9 Å². The first-order valence-electron chi connectivity index (χ1n) is 11.8. The molecule has 8 nitrogen and oxygen atoms in total. The average molecular weight is 472 g/mol. The van der Waals surface area contributed by atoms with Gasteiger partial charge in [0.1, 0.15) is 12.1 Å². The van der Waals surface area contributed by atoms with Gasteiger partial charge in [0.2, 0.25) is 0 Å². The van der Waals surface area contributed by atoms with Gasteiger partial charge in [0, 0.05) is 51.9 Å². The molecule has 8 heteroatoms. The first-order valence-corrected chi connectivity index (χ1v) is 11.8. The van der Waals surface area contributed by atoms with Crippen molar-refractivity contribution in [3.8, 4) is 17.0 Å². The van der Waals surface area contributed by atoms with E-state index in [1.54, 1.807) is 12.1 Å². The Morgan fingerprint density at radius 2 is 2.03 bits per heavy atom. The number of aromatic amines is 1. The number of nitrogens with one attached hydrogen (secondary N) is 2. The molecule has 0 bridgehead atoms. The number of hydrogen-bond donors (Lipinski definition) is 3. The smallest absolute Gasteiger partial charge is 0.335 e. The molecule has 0 unspecified atom stereocenters. The second-order valence-corrected chi connectivity index (χ2v) is 9.16. The largest absolute Gasteiger partial charge is 0.493 e. The lowest BCUT2D eigenvalue weighted by atomic mass is 9.99. The molecule has 0 aliphatic carbocycles. The molecule has 3 heterocycles. The van der Waals surface area contributed by atoms with Crippen molar-refractivity contribution >= 4 is 39.0 Å². The summed E-state index contributed by atoms with van der Waals surface area (Å²) >= 11 is 0. The summed E-state index contributed by atoms with van der Waals surface area (Å²) in [7, 11) is 4.07. The van der Waals surface area contributed by atoms with Gasteiger partial charge in [-0.15, -0.1) is 0 Å². The molecule has 0 amide bonds. The zero-order chi connectivity index (χ0) is 24.5. The highest BCUT2D eigenvalue weighted by Crippen LogP contribution is 2.38. The molecule has 2 aromatic heterocycles. The van der Waals surface area contributed by atoms with Crippen molar-refractivity contribution in [1.82, 2.24) is 19.9 Å². The minimum Gasteiger partial charge on any atom is -0.493 e. The number of carbonyl (C=O) groups is 1. The fourth-order valence-corrected chi connectivity index (χ4v) is 4.59. The van der Waals surface area contributed by atoms with Crippen molar-refractivity contribution in [3.05, 3.63) is 54.5 Å². The van der Waals surface area contributed by atoms with Crippen LogP contribution in [-0.2, 0) is 11.2 Å². The summed E-state index contributed by atoms with van der Waals surface area (Å²) in [4.78, 5) is 26.4. The maximum absolute atomic E-state index is 11.8. The second kappa shape index (κ2) is 9.38. The number of hydrogen-bond acceptors (Lipinski definition) is 6. The molecule has 180 valence electrons. The first-order chi connectivity index (χ1) is 16.9. The maximum Gasteiger partial charge on any atom is 0.335 e. The summed E-state index contributed by atoms with van der Waals surface area (Å²) in [5, 5.41) is 14.9. The third kappa shape index (κ3) is 4.44. The lowest BCUT2D eigenvalue weighted by Gasteiger charge is -2.15. The van der Waals surface area contributed by atoms with Crippen molar-refractivity contribution in [1.29, 1.82) is 0 Å². The number of fused-ring (bicyclic) bond motifs is 3. The molecule has 0 fully saturated rings. The number of aliphatic carboxylic acids is 1. The molecule has 3 N–H and O–H groups in total. The molecule has 5 rings (SSSR count). The monoisotopic (exact) mass is 471 g/mol. The maximum atomic E-state index is 11.8. The Bertz CT molecular complexity index is 1440. The van der Waals surface area contributed by atoms with Gasteiger partial charge in [-0.25, -0.2) is 14.8 Å². The summed E-state index contributed by atoms with van der Waals surface area (Å²) in [6.45, 7) is 6.19. The molecule has 4 aromatic rings. The fourth-order valence-electron chi connectivity index (χ4n) is 4.59. The number of nitrogens with zero attached hydrogens (tertiary/aromatic N) is 3. The lowest BCUT2D eigenvalue weighted by molar-refractivity contribution is -0.130. The standard InChI is InChI=1S/C27H29N5O3/c1-16(27(33)34)18-11-20-24(13-25(18)35-9-5-4-8-32(2)3)30-15-31-26(20)21-14-29-23-10-17-6-7-28-22(17)12-19(21)23/h10-15,28-29H,1,4-9H2,2-3H3,(H,33,34). The molecule has 0 radical (unpaired) electrons. The Morgan fingerprint density at radius 1 is 1.17 bits per heavy atom. The zero-order valence-electron chi connectivity index (χ0n) is 20.0. The Morgan fingerprint density at radius 3 is 2.83 bits per heavy atom. The van der Waals surface area contributed by atoms with Gasteiger partial charge in [0.15, 0.2) is 0 Å². The van der Waals surface area contributed by atoms with E-state index in [4.69, 9.17) is 4.74 Å². The highest BCUT2D eigenvalue weighted by atomic mass is 16.5. The quantitative estimate of drug-likeness (QED) is 0.243. The second-order valence-electron chi connectivity index (χ2n) is 9.16. The number of benzene rings is 2. The van der Waals surface area contributed by atoms with Crippen molar-refractivity contribution in [2.24, 2.45) is 0 Å². The lowest BCUT2D eigenvalue weighted by Crippen LogP contribution is -2.14. The summed E-state index contributed by atoms with van der Waals surface area (Å²) in [6.07, 6.45) is 6.34. The van der Waals surface area contributed by atoms with Crippen LogP contribution in [0.3, 0.4) is 0 Å². The SMILES string of the molecule is C=C(C(=O)O)c1cc2c(-c3c[nH]c4cc5c(cc34)NCC5)ncnc2cc1OCCCCN(C)C. The number of anilines is 1. The van der Waals surface area contributed by atoms with E-state index in [-0.39, 0.29) is 5.57 Å². The molecule has 0 saturated carbocycles. The van der Waals surface area contributed by atoms with Crippen LogP contribution in [0.15, 0.2) is 43.4 Å².